The van der Waals surface area contributed by atoms with Gasteiger partial charge in [-0.15, -0.1) is 28.3 Å². The highest BCUT2D eigenvalue weighted by Gasteiger charge is 1.89. The van der Waals surface area contributed by atoms with Crippen molar-refractivity contribution in [3.05, 3.63) is 22.4 Å². The van der Waals surface area contributed by atoms with E-state index in [1.54, 1.807) is 11.3 Å². The van der Waals surface area contributed by atoms with Gasteiger partial charge >= 0.3 is 0 Å². The van der Waals surface area contributed by atoms with Crippen molar-refractivity contribution in [2.45, 2.75) is 6.54 Å². The summed E-state index contributed by atoms with van der Waals surface area (Å²) in [6, 6.07) is 4.21. The largest absolute Gasteiger partial charge is 0.311 e. The van der Waals surface area contributed by atoms with Crippen molar-refractivity contribution in [1.29, 1.82) is 0 Å². The van der Waals surface area contributed by atoms with Crippen molar-refractivity contribution in [2.24, 2.45) is 0 Å². The van der Waals surface area contributed by atoms with Crippen molar-refractivity contribution in [3.63, 3.8) is 0 Å². The Morgan fingerprint density at radius 1 is 1.55 bits per heavy atom. The Morgan fingerprint density at radius 2 is 2.36 bits per heavy atom. The Labute approximate surface area is 87.4 Å². The van der Waals surface area contributed by atoms with Gasteiger partial charge in [0, 0.05) is 23.7 Å². The summed E-state index contributed by atoms with van der Waals surface area (Å²) in [5.74, 6) is 0.908. The maximum Gasteiger partial charge on any atom is 0.0300 e. The standard InChI is InChI=1S/C7H11NS2.BrH/c9-4-3-8-6-7-2-1-5-10-7;/h1-2,5,8-9H,3-4,6H2;1H. The summed E-state index contributed by atoms with van der Waals surface area (Å²) in [7, 11) is 0. The van der Waals surface area contributed by atoms with E-state index in [1.807, 2.05) is 0 Å². The second-order valence-corrected chi connectivity index (χ2v) is 3.46. The molecule has 0 aliphatic heterocycles. The zero-order valence-corrected chi connectivity index (χ0v) is 9.54. The Hall–Kier alpha value is 0.490. The zero-order chi connectivity index (χ0) is 7.23. The number of rotatable bonds is 4. The van der Waals surface area contributed by atoms with E-state index in [2.05, 4.69) is 35.5 Å². The first kappa shape index (κ1) is 11.5. The summed E-state index contributed by atoms with van der Waals surface area (Å²) < 4.78 is 0. The van der Waals surface area contributed by atoms with E-state index in [-0.39, 0.29) is 17.0 Å². The van der Waals surface area contributed by atoms with Crippen molar-refractivity contribution in [1.82, 2.24) is 5.32 Å². The normalized spacial score (nSPS) is 9.18. The van der Waals surface area contributed by atoms with Gasteiger partial charge in [0.15, 0.2) is 0 Å². The van der Waals surface area contributed by atoms with E-state index < -0.39 is 0 Å². The van der Waals surface area contributed by atoms with E-state index in [4.69, 9.17) is 0 Å². The van der Waals surface area contributed by atoms with Crippen LogP contribution in [0.1, 0.15) is 4.88 Å². The van der Waals surface area contributed by atoms with Crippen LogP contribution in [0.4, 0.5) is 0 Å². The lowest BCUT2D eigenvalue weighted by Crippen LogP contribution is -2.14. The smallest absolute Gasteiger partial charge is 0.0300 e. The summed E-state index contributed by atoms with van der Waals surface area (Å²) in [4.78, 5) is 1.39. The molecule has 0 bridgehead atoms. The number of hydrogen-bond donors (Lipinski definition) is 2. The van der Waals surface area contributed by atoms with E-state index in [0.29, 0.717) is 0 Å². The molecule has 0 atom stereocenters. The van der Waals surface area contributed by atoms with Gasteiger partial charge in [-0.3, -0.25) is 0 Å². The first-order chi connectivity index (χ1) is 4.93. The van der Waals surface area contributed by atoms with Crippen molar-refractivity contribution in [3.8, 4) is 0 Å². The van der Waals surface area contributed by atoms with Crippen LogP contribution in [0.2, 0.25) is 0 Å². The Balaban J connectivity index is 0.000001000. The van der Waals surface area contributed by atoms with Crippen LogP contribution in [0, 0.1) is 0 Å². The van der Waals surface area contributed by atoms with Gasteiger partial charge in [0.05, 0.1) is 0 Å². The van der Waals surface area contributed by atoms with Crippen LogP contribution in [0.15, 0.2) is 17.5 Å². The predicted octanol–water partition coefficient (Wildman–Crippen LogP) is 2.35. The van der Waals surface area contributed by atoms with Crippen molar-refractivity contribution in [2.75, 3.05) is 12.3 Å². The third-order valence-electron chi connectivity index (χ3n) is 1.17. The molecule has 0 spiro atoms. The SMILES string of the molecule is Br.SCCNCc1cccs1. The number of thiophene rings is 1. The molecule has 1 aromatic rings. The Bertz CT molecular complexity index is 165. The molecular weight excluding hydrogens is 242 g/mol. The van der Waals surface area contributed by atoms with Crippen LogP contribution < -0.4 is 5.32 Å². The average Bonchev–Trinajstić information content (AvgIpc) is 2.41. The molecule has 1 nitrogen and oxygen atoms in total. The van der Waals surface area contributed by atoms with Crippen LogP contribution in [0.3, 0.4) is 0 Å². The highest BCUT2D eigenvalue weighted by atomic mass is 79.9. The lowest BCUT2D eigenvalue weighted by molar-refractivity contribution is 0.742. The maximum atomic E-state index is 4.09. The van der Waals surface area contributed by atoms with E-state index >= 15 is 0 Å². The molecule has 11 heavy (non-hydrogen) atoms. The van der Waals surface area contributed by atoms with Crippen LogP contribution in [0.25, 0.3) is 0 Å². The number of halogens is 1. The third-order valence-corrected chi connectivity index (χ3v) is 2.27. The molecule has 0 aliphatic carbocycles. The molecule has 0 aromatic carbocycles. The van der Waals surface area contributed by atoms with Gasteiger partial charge in [-0.1, -0.05) is 6.07 Å². The second-order valence-electron chi connectivity index (χ2n) is 1.98. The number of hydrogen-bond acceptors (Lipinski definition) is 3. The van der Waals surface area contributed by atoms with Gasteiger partial charge in [0.25, 0.3) is 0 Å². The molecule has 0 aliphatic rings. The molecule has 1 heterocycles. The Morgan fingerprint density at radius 3 is 2.91 bits per heavy atom. The second kappa shape index (κ2) is 7.16. The molecule has 1 aromatic heterocycles. The topological polar surface area (TPSA) is 12.0 Å². The first-order valence-corrected chi connectivity index (χ1v) is 4.78. The number of thiol groups is 1. The fourth-order valence-electron chi connectivity index (χ4n) is 0.704. The van der Waals surface area contributed by atoms with Crippen LogP contribution >= 0.6 is 40.9 Å². The fraction of sp³-hybridized carbons (Fsp3) is 0.429. The molecule has 1 rings (SSSR count). The average molecular weight is 254 g/mol. The molecule has 0 unspecified atom stereocenters. The van der Waals surface area contributed by atoms with E-state index in [1.165, 1.54) is 4.88 Å². The maximum absolute atomic E-state index is 4.09. The van der Waals surface area contributed by atoms with Crippen LogP contribution in [0.5, 0.6) is 0 Å². The molecule has 0 radical (unpaired) electrons. The minimum absolute atomic E-state index is 0. The van der Waals surface area contributed by atoms with Crippen LogP contribution in [-0.4, -0.2) is 12.3 Å². The third kappa shape index (κ3) is 4.85. The molecule has 0 amide bonds. The monoisotopic (exact) mass is 253 g/mol. The Kier molecular flexibility index (Phi) is 7.47. The summed E-state index contributed by atoms with van der Waals surface area (Å²) >= 11 is 5.88. The first-order valence-electron chi connectivity index (χ1n) is 3.27. The fourth-order valence-corrected chi connectivity index (χ4v) is 1.54. The molecule has 0 fully saturated rings. The summed E-state index contributed by atoms with van der Waals surface area (Å²) in [5, 5.41) is 5.37. The van der Waals surface area contributed by atoms with Gasteiger partial charge in [-0.2, -0.15) is 12.6 Å². The minimum Gasteiger partial charge on any atom is -0.311 e. The van der Waals surface area contributed by atoms with Crippen molar-refractivity contribution < 1.29 is 0 Å². The quantitative estimate of drug-likeness (QED) is 0.621. The molecule has 0 saturated carbocycles. The lowest BCUT2D eigenvalue weighted by Gasteiger charge is -1.97. The molecular formula is C7H12BrNS2. The summed E-state index contributed by atoms with van der Waals surface area (Å²) in [5.41, 5.74) is 0. The van der Waals surface area contributed by atoms with E-state index in [0.717, 1.165) is 18.8 Å². The van der Waals surface area contributed by atoms with Gasteiger partial charge in [0.2, 0.25) is 0 Å². The molecule has 64 valence electrons. The highest BCUT2D eigenvalue weighted by molar-refractivity contribution is 8.93. The predicted molar refractivity (Wildman–Crippen MR) is 60.2 cm³/mol. The summed E-state index contributed by atoms with van der Waals surface area (Å²) in [6.45, 7) is 1.97. The highest BCUT2D eigenvalue weighted by Crippen LogP contribution is 2.06. The summed E-state index contributed by atoms with van der Waals surface area (Å²) in [6.07, 6.45) is 0. The zero-order valence-electron chi connectivity index (χ0n) is 6.12. The molecule has 1 N–H and O–H groups in total. The van der Waals surface area contributed by atoms with Crippen LogP contribution in [-0.2, 0) is 6.54 Å². The van der Waals surface area contributed by atoms with Gasteiger partial charge in [0.1, 0.15) is 0 Å². The number of nitrogens with one attached hydrogen (secondary N) is 1. The van der Waals surface area contributed by atoms with Crippen molar-refractivity contribution >= 4 is 40.9 Å². The molecule has 0 saturated heterocycles. The van der Waals surface area contributed by atoms with E-state index in [9.17, 15) is 0 Å². The molecule has 4 heteroatoms. The van der Waals surface area contributed by atoms with Gasteiger partial charge in [-0.05, 0) is 11.4 Å². The van der Waals surface area contributed by atoms with Gasteiger partial charge in [-0.25, -0.2) is 0 Å². The minimum atomic E-state index is 0. The lowest BCUT2D eigenvalue weighted by atomic mass is 10.4. The van der Waals surface area contributed by atoms with Gasteiger partial charge < -0.3 is 5.32 Å².